The molecule has 0 unspecified atom stereocenters. The van der Waals surface area contributed by atoms with Gasteiger partial charge in [0.15, 0.2) is 0 Å². The predicted molar refractivity (Wildman–Crippen MR) is 61.2 cm³/mol. The fourth-order valence-electron chi connectivity index (χ4n) is 1.67. The Morgan fingerprint density at radius 2 is 2.13 bits per heavy atom. The molecule has 0 heterocycles. The number of carbonyl (C=O) groups is 1. The Bertz CT molecular complexity index is 358. The summed E-state index contributed by atoms with van der Waals surface area (Å²) in [5.74, 6) is -0.762. The Kier molecular flexibility index (Phi) is 3.75. The van der Waals surface area contributed by atoms with Crippen LogP contribution in [0.3, 0.4) is 0 Å². The molecule has 1 N–H and O–H groups in total. The van der Waals surface area contributed by atoms with Gasteiger partial charge in [-0.25, -0.2) is 0 Å². The van der Waals surface area contributed by atoms with Crippen molar-refractivity contribution in [2.45, 2.75) is 26.7 Å². The average molecular weight is 227 g/mol. The molecule has 1 rings (SSSR count). The van der Waals surface area contributed by atoms with E-state index in [1.165, 1.54) is 0 Å². The lowest BCUT2D eigenvalue weighted by molar-refractivity contribution is -0.139. The van der Waals surface area contributed by atoms with Crippen molar-refractivity contribution in [2.24, 2.45) is 5.41 Å². The Hall–Kier alpha value is -1.02. The second-order valence-corrected chi connectivity index (χ2v) is 4.98. The standard InChI is InChI=1S/C12H15ClO2/c1-12(2,8-11(14)15)7-9-4-3-5-10(13)6-9/h3-6H,7-8H2,1-2H3,(H,14,15). The Balaban J connectivity index is 2.72. The van der Waals surface area contributed by atoms with Crippen LogP contribution >= 0.6 is 11.6 Å². The number of hydrogen-bond acceptors (Lipinski definition) is 1. The predicted octanol–water partition coefficient (Wildman–Crippen LogP) is 3.38. The lowest BCUT2D eigenvalue weighted by Crippen LogP contribution is -2.19. The van der Waals surface area contributed by atoms with Crippen LogP contribution in [0.5, 0.6) is 0 Å². The largest absolute Gasteiger partial charge is 0.481 e. The number of rotatable bonds is 4. The van der Waals surface area contributed by atoms with Gasteiger partial charge in [0.25, 0.3) is 0 Å². The summed E-state index contributed by atoms with van der Waals surface area (Å²) in [5.41, 5.74) is 0.838. The van der Waals surface area contributed by atoms with Crippen LogP contribution in [0, 0.1) is 5.41 Å². The zero-order valence-corrected chi connectivity index (χ0v) is 9.71. The fourth-order valence-corrected chi connectivity index (χ4v) is 1.88. The van der Waals surface area contributed by atoms with E-state index < -0.39 is 5.97 Å². The maximum Gasteiger partial charge on any atom is 0.303 e. The molecule has 0 saturated carbocycles. The van der Waals surface area contributed by atoms with Crippen molar-refractivity contribution in [3.8, 4) is 0 Å². The van der Waals surface area contributed by atoms with Crippen molar-refractivity contribution in [1.29, 1.82) is 0 Å². The monoisotopic (exact) mass is 226 g/mol. The minimum Gasteiger partial charge on any atom is -0.481 e. The number of benzene rings is 1. The quantitative estimate of drug-likeness (QED) is 0.855. The van der Waals surface area contributed by atoms with Crippen LogP contribution in [0.2, 0.25) is 5.02 Å². The highest BCUT2D eigenvalue weighted by Gasteiger charge is 2.22. The van der Waals surface area contributed by atoms with Crippen LogP contribution in [0.1, 0.15) is 25.8 Å². The smallest absolute Gasteiger partial charge is 0.303 e. The molecule has 2 nitrogen and oxygen atoms in total. The summed E-state index contributed by atoms with van der Waals surface area (Å²) in [7, 11) is 0. The Morgan fingerprint density at radius 1 is 1.47 bits per heavy atom. The normalized spacial score (nSPS) is 11.4. The van der Waals surface area contributed by atoms with Gasteiger partial charge in [0, 0.05) is 5.02 Å². The van der Waals surface area contributed by atoms with E-state index in [2.05, 4.69) is 0 Å². The number of carboxylic acid groups (broad SMARTS) is 1. The van der Waals surface area contributed by atoms with E-state index in [1.807, 2.05) is 38.1 Å². The number of aliphatic carboxylic acids is 1. The molecule has 0 radical (unpaired) electrons. The molecule has 0 saturated heterocycles. The van der Waals surface area contributed by atoms with Crippen molar-refractivity contribution >= 4 is 17.6 Å². The topological polar surface area (TPSA) is 37.3 Å². The molecule has 0 aliphatic heterocycles. The van der Waals surface area contributed by atoms with Crippen LogP contribution in [-0.4, -0.2) is 11.1 Å². The van der Waals surface area contributed by atoms with Crippen LogP contribution in [0.25, 0.3) is 0 Å². The van der Waals surface area contributed by atoms with Crippen LogP contribution < -0.4 is 0 Å². The van der Waals surface area contributed by atoms with E-state index in [0.717, 1.165) is 12.0 Å². The zero-order chi connectivity index (χ0) is 11.5. The average Bonchev–Trinajstić information content (AvgIpc) is 1.99. The molecule has 1 aromatic carbocycles. The lowest BCUT2D eigenvalue weighted by atomic mass is 9.83. The van der Waals surface area contributed by atoms with Crippen molar-refractivity contribution in [1.82, 2.24) is 0 Å². The third-order valence-electron chi connectivity index (χ3n) is 2.20. The summed E-state index contributed by atoms with van der Waals surface area (Å²) in [5, 5.41) is 9.45. The molecule has 15 heavy (non-hydrogen) atoms. The van der Waals surface area contributed by atoms with E-state index in [4.69, 9.17) is 16.7 Å². The lowest BCUT2D eigenvalue weighted by Gasteiger charge is -2.22. The zero-order valence-electron chi connectivity index (χ0n) is 8.96. The van der Waals surface area contributed by atoms with E-state index in [9.17, 15) is 4.79 Å². The minimum absolute atomic E-state index is 0.166. The Labute approximate surface area is 94.9 Å². The van der Waals surface area contributed by atoms with Gasteiger partial charge in [-0.1, -0.05) is 37.6 Å². The van der Waals surface area contributed by atoms with Gasteiger partial charge in [0.2, 0.25) is 0 Å². The molecular formula is C12H15ClO2. The summed E-state index contributed by atoms with van der Waals surface area (Å²) in [4.78, 5) is 10.6. The summed E-state index contributed by atoms with van der Waals surface area (Å²) in [6, 6.07) is 7.55. The number of hydrogen-bond donors (Lipinski definition) is 1. The summed E-state index contributed by atoms with van der Waals surface area (Å²) < 4.78 is 0. The fraction of sp³-hybridized carbons (Fsp3) is 0.417. The molecule has 0 bridgehead atoms. The Morgan fingerprint density at radius 3 is 2.67 bits per heavy atom. The first-order valence-electron chi connectivity index (χ1n) is 4.85. The van der Waals surface area contributed by atoms with Gasteiger partial charge in [0.05, 0.1) is 6.42 Å². The second-order valence-electron chi connectivity index (χ2n) is 4.54. The first kappa shape index (κ1) is 12.1. The summed E-state index contributed by atoms with van der Waals surface area (Å²) in [6.45, 7) is 3.89. The minimum atomic E-state index is -0.762. The van der Waals surface area contributed by atoms with Gasteiger partial charge >= 0.3 is 5.97 Å². The van der Waals surface area contributed by atoms with Gasteiger partial charge in [-0.15, -0.1) is 0 Å². The maximum absolute atomic E-state index is 10.6. The van der Waals surface area contributed by atoms with Gasteiger partial charge in [-0.05, 0) is 29.5 Å². The molecule has 3 heteroatoms. The highest BCUT2D eigenvalue weighted by atomic mass is 35.5. The third-order valence-corrected chi connectivity index (χ3v) is 2.44. The van der Waals surface area contributed by atoms with Crippen LogP contribution in [0.4, 0.5) is 0 Å². The SMILES string of the molecule is CC(C)(CC(=O)O)Cc1cccc(Cl)c1. The van der Waals surface area contributed by atoms with Crippen LogP contribution in [0.15, 0.2) is 24.3 Å². The third kappa shape index (κ3) is 4.34. The van der Waals surface area contributed by atoms with Crippen molar-refractivity contribution in [3.63, 3.8) is 0 Å². The highest BCUT2D eigenvalue weighted by molar-refractivity contribution is 6.30. The summed E-state index contributed by atoms with van der Waals surface area (Å²) >= 11 is 5.86. The van der Waals surface area contributed by atoms with Gasteiger partial charge in [-0.2, -0.15) is 0 Å². The first-order chi connectivity index (χ1) is 6.89. The van der Waals surface area contributed by atoms with Gasteiger partial charge < -0.3 is 5.11 Å². The highest BCUT2D eigenvalue weighted by Crippen LogP contribution is 2.26. The van der Waals surface area contributed by atoms with E-state index in [0.29, 0.717) is 5.02 Å². The van der Waals surface area contributed by atoms with E-state index in [1.54, 1.807) is 0 Å². The van der Waals surface area contributed by atoms with Gasteiger partial charge in [-0.3, -0.25) is 4.79 Å². The van der Waals surface area contributed by atoms with Crippen LogP contribution in [-0.2, 0) is 11.2 Å². The molecule has 0 amide bonds. The van der Waals surface area contributed by atoms with Crippen molar-refractivity contribution < 1.29 is 9.90 Å². The van der Waals surface area contributed by atoms with Crippen molar-refractivity contribution in [3.05, 3.63) is 34.9 Å². The molecule has 0 spiro atoms. The number of halogens is 1. The molecule has 1 aromatic rings. The van der Waals surface area contributed by atoms with E-state index >= 15 is 0 Å². The van der Waals surface area contributed by atoms with Crippen molar-refractivity contribution in [2.75, 3.05) is 0 Å². The molecular weight excluding hydrogens is 212 g/mol. The number of carboxylic acids is 1. The second kappa shape index (κ2) is 4.67. The van der Waals surface area contributed by atoms with E-state index in [-0.39, 0.29) is 11.8 Å². The molecule has 0 fully saturated rings. The summed E-state index contributed by atoms with van der Waals surface area (Å²) in [6.07, 6.45) is 0.888. The molecule has 0 aromatic heterocycles. The molecule has 82 valence electrons. The van der Waals surface area contributed by atoms with Gasteiger partial charge in [0.1, 0.15) is 0 Å². The maximum atomic E-state index is 10.6. The molecule has 0 aliphatic rings. The molecule has 0 aliphatic carbocycles. The first-order valence-corrected chi connectivity index (χ1v) is 5.23. The molecule has 0 atom stereocenters.